The lowest BCUT2D eigenvalue weighted by atomic mass is 10.0. The van der Waals surface area contributed by atoms with E-state index in [1.807, 2.05) is 43.3 Å². The maximum absolute atomic E-state index is 11.3. The van der Waals surface area contributed by atoms with Crippen molar-refractivity contribution in [3.05, 3.63) is 59.9 Å². The van der Waals surface area contributed by atoms with Crippen molar-refractivity contribution in [2.24, 2.45) is 5.10 Å². The second-order valence-corrected chi connectivity index (χ2v) is 7.08. The SMILES string of the molecule is Cc1ccc(C2=Nn3c(nnc3-c3ccncc3)S[C@@H]2CC(=O)O)cc1. The lowest BCUT2D eigenvalue weighted by Gasteiger charge is -2.22. The summed E-state index contributed by atoms with van der Waals surface area (Å²) in [5.41, 5.74) is 3.59. The second kappa shape index (κ2) is 6.72. The van der Waals surface area contributed by atoms with E-state index in [2.05, 4.69) is 15.2 Å². The van der Waals surface area contributed by atoms with Crippen LogP contribution in [0, 0.1) is 6.92 Å². The third-order valence-electron chi connectivity index (χ3n) is 4.02. The van der Waals surface area contributed by atoms with Gasteiger partial charge in [-0.05, 0) is 24.6 Å². The van der Waals surface area contributed by atoms with Crippen LogP contribution in [0.5, 0.6) is 0 Å². The number of nitrogens with zero attached hydrogens (tertiary/aromatic N) is 5. The minimum atomic E-state index is -0.871. The second-order valence-electron chi connectivity index (χ2n) is 5.91. The first-order chi connectivity index (χ1) is 12.6. The van der Waals surface area contributed by atoms with Crippen molar-refractivity contribution in [1.82, 2.24) is 19.9 Å². The summed E-state index contributed by atoms with van der Waals surface area (Å²) in [5.74, 6) is -0.266. The number of carbonyl (C=O) groups is 1. The molecule has 26 heavy (non-hydrogen) atoms. The normalized spacial score (nSPS) is 16.0. The third-order valence-corrected chi connectivity index (χ3v) is 5.16. The Labute approximate surface area is 153 Å². The van der Waals surface area contributed by atoms with Crippen LogP contribution in [0.3, 0.4) is 0 Å². The molecule has 1 aliphatic heterocycles. The zero-order valence-electron chi connectivity index (χ0n) is 13.9. The number of fused-ring (bicyclic) bond motifs is 1. The van der Waals surface area contributed by atoms with E-state index >= 15 is 0 Å². The number of rotatable bonds is 4. The predicted molar refractivity (Wildman–Crippen MR) is 98.3 cm³/mol. The summed E-state index contributed by atoms with van der Waals surface area (Å²) in [6, 6.07) is 11.6. The van der Waals surface area contributed by atoms with Gasteiger partial charge in [-0.3, -0.25) is 9.78 Å². The van der Waals surface area contributed by atoms with E-state index in [1.54, 1.807) is 17.1 Å². The zero-order chi connectivity index (χ0) is 18.1. The van der Waals surface area contributed by atoms with E-state index in [9.17, 15) is 9.90 Å². The Hall–Kier alpha value is -3.00. The van der Waals surface area contributed by atoms with Crippen molar-refractivity contribution in [3.8, 4) is 11.4 Å². The van der Waals surface area contributed by atoms with E-state index in [0.29, 0.717) is 16.7 Å². The van der Waals surface area contributed by atoms with Gasteiger partial charge in [0.2, 0.25) is 5.16 Å². The molecule has 0 fully saturated rings. The molecule has 3 heterocycles. The first-order valence-electron chi connectivity index (χ1n) is 8.02. The standard InChI is InChI=1S/C18H15N5O2S/c1-11-2-4-12(5-3-11)16-14(10-15(24)25)26-18-21-20-17(23(18)22-16)13-6-8-19-9-7-13/h2-9,14H,10H2,1H3,(H,24,25)/t14-/m1/s1. The molecule has 0 saturated heterocycles. The highest BCUT2D eigenvalue weighted by molar-refractivity contribution is 8.00. The van der Waals surface area contributed by atoms with Gasteiger partial charge in [-0.2, -0.15) is 9.78 Å². The fraction of sp³-hybridized carbons (Fsp3) is 0.167. The minimum absolute atomic E-state index is 0.0329. The summed E-state index contributed by atoms with van der Waals surface area (Å²) >= 11 is 1.37. The zero-order valence-corrected chi connectivity index (χ0v) is 14.7. The number of carboxylic acid groups (broad SMARTS) is 1. The lowest BCUT2D eigenvalue weighted by molar-refractivity contribution is -0.136. The highest BCUT2D eigenvalue weighted by Gasteiger charge is 2.30. The van der Waals surface area contributed by atoms with Gasteiger partial charge in [-0.15, -0.1) is 10.2 Å². The van der Waals surface area contributed by atoms with Gasteiger partial charge in [0.1, 0.15) is 0 Å². The number of aryl methyl sites for hydroxylation is 1. The van der Waals surface area contributed by atoms with Crippen LogP contribution in [0.15, 0.2) is 59.0 Å². The fourth-order valence-electron chi connectivity index (χ4n) is 2.73. The number of thioether (sulfide) groups is 1. The van der Waals surface area contributed by atoms with Crippen molar-refractivity contribution >= 4 is 23.4 Å². The third kappa shape index (κ3) is 3.11. The molecule has 1 aromatic carbocycles. The van der Waals surface area contributed by atoms with Crippen LogP contribution in [-0.4, -0.2) is 41.9 Å². The number of hydrogen-bond donors (Lipinski definition) is 1. The topological polar surface area (TPSA) is 93.3 Å². The van der Waals surface area contributed by atoms with Crippen LogP contribution in [0.4, 0.5) is 0 Å². The van der Waals surface area contributed by atoms with Gasteiger partial charge < -0.3 is 5.11 Å². The summed E-state index contributed by atoms with van der Waals surface area (Å²) < 4.78 is 1.67. The van der Waals surface area contributed by atoms with Crippen LogP contribution in [0.25, 0.3) is 11.4 Å². The molecule has 0 radical (unpaired) electrons. The Morgan fingerprint density at radius 3 is 2.54 bits per heavy atom. The number of pyridine rings is 1. The van der Waals surface area contributed by atoms with Crippen LogP contribution >= 0.6 is 11.8 Å². The quantitative estimate of drug-likeness (QED) is 0.764. The smallest absolute Gasteiger partial charge is 0.304 e. The molecule has 0 amide bonds. The molecule has 8 heteroatoms. The van der Waals surface area contributed by atoms with E-state index < -0.39 is 5.97 Å². The van der Waals surface area contributed by atoms with Crippen LogP contribution < -0.4 is 0 Å². The number of benzene rings is 1. The van der Waals surface area contributed by atoms with Crippen LogP contribution in [0.1, 0.15) is 17.5 Å². The molecule has 4 rings (SSSR count). The monoisotopic (exact) mass is 365 g/mol. The summed E-state index contributed by atoms with van der Waals surface area (Å²) in [5, 5.41) is 22.7. The molecular weight excluding hydrogens is 350 g/mol. The maximum atomic E-state index is 11.3. The van der Waals surface area contributed by atoms with Gasteiger partial charge in [-0.25, -0.2) is 0 Å². The van der Waals surface area contributed by atoms with E-state index in [-0.39, 0.29) is 11.7 Å². The van der Waals surface area contributed by atoms with Gasteiger partial charge in [0.15, 0.2) is 5.82 Å². The van der Waals surface area contributed by atoms with E-state index in [4.69, 9.17) is 5.10 Å². The van der Waals surface area contributed by atoms with Crippen molar-refractivity contribution in [3.63, 3.8) is 0 Å². The molecule has 1 atom stereocenters. The van der Waals surface area contributed by atoms with Gasteiger partial charge >= 0.3 is 5.97 Å². The largest absolute Gasteiger partial charge is 0.481 e. The molecule has 2 aromatic heterocycles. The van der Waals surface area contributed by atoms with Gasteiger partial charge in [-0.1, -0.05) is 41.6 Å². The first-order valence-corrected chi connectivity index (χ1v) is 8.90. The maximum Gasteiger partial charge on any atom is 0.304 e. The molecule has 0 spiro atoms. The molecule has 7 nitrogen and oxygen atoms in total. The first kappa shape index (κ1) is 16.5. The molecule has 0 saturated carbocycles. The molecule has 130 valence electrons. The molecular formula is C18H15N5O2S. The number of hydrogen-bond acceptors (Lipinski definition) is 6. The van der Waals surface area contributed by atoms with Gasteiger partial charge in [0.25, 0.3) is 0 Å². The number of aromatic nitrogens is 4. The number of aliphatic carboxylic acids is 1. The van der Waals surface area contributed by atoms with Gasteiger partial charge in [0.05, 0.1) is 17.4 Å². The Morgan fingerprint density at radius 2 is 1.85 bits per heavy atom. The van der Waals surface area contributed by atoms with Crippen molar-refractivity contribution in [2.45, 2.75) is 23.8 Å². The van der Waals surface area contributed by atoms with Crippen molar-refractivity contribution in [1.29, 1.82) is 0 Å². The number of carboxylic acids is 1. The van der Waals surface area contributed by atoms with Crippen LogP contribution in [0.2, 0.25) is 0 Å². The summed E-state index contributed by atoms with van der Waals surface area (Å²) in [6.45, 7) is 2.01. The molecule has 0 bridgehead atoms. The highest BCUT2D eigenvalue weighted by Crippen LogP contribution is 2.34. The molecule has 3 aromatic rings. The Bertz CT molecular complexity index is 983. The summed E-state index contributed by atoms with van der Waals surface area (Å²) in [6.07, 6.45) is 3.34. The Kier molecular flexibility index (Phi) is 4.26. The van der Waals surface area contributed by atoms with E-state index in [0.717, 1.165) is 16.7 Å². The van der Waals surface area contributed by atoms with Gasteiger partial charge in [0, 0.05) is 18.0 Å². The molecule has 1 N–H and O–H groups in total. The summed E-state index contributed by atoms with van der Waals surface area (Å²) in [7, 11) is 0. The molecule has 0 aliphatic carbocycles. The van der Waals surface area contributed by atoms with Crippen molar-refractivity contribution < 1.29 is 9.90 Å². The van der Waals surface area contributed by atoms with Crippen LogP contribution in [-0.2, 0) is 4.79 Å². The molecule has 1 aliphatic rings. The average Bonchev–Trinajstić information content (AvgIpc) is 3.05. The predicted octanol–water partition coefficient (Wildman–Crippen LogP) is 2.85. The average molecular weight is 365 g/mol. The van der Waals surface area contributed by atoms with Crippen molar-refractivity contribution in [2.75, 3.05) is 0 Å². The fourth-order valence-corrected chi connectivity index (χ4v) is 3.82. The Morgan fingerprint density at radius 1 is 1.12 bits per heavy atom. The minimum Gasteiger partial charge on any atom is -0.481 e. The Balaban J connectivity index is 1.82. The highest BCUT2D eigenvalue weighted by atomic mass is 32.2. The summed E-state index contributed by atoms with van der Waals surface area (Å²) in [4.78, 5) is 15.3. The van der Waals surface area contributed by atoms with E-state index in [1.165, 1.54) is 11.8 Å². The lowest BCUT2D eigenvalue weighted by Crippen LogP contribution is -2.27. The molecule has 0 unspecified atom stereocenters.